The molecule has 3 unspecified atom stereocenters. The molecular formula is C53H54N4O6S3. The van der Waals surface area contributed by atoms with Gasteiger partial charge >= 0.3 is 5.97 Å². The molecule has 4 aromatic carbocycles. The Balaban J connectivity index is 1.08. The Morgan fingerprint density at radius 3 is 2.27 bits per heavy atom. The second-order valence-corrected chi connectivity index (χ2v) is 19.2. The molecule has 1 saturated heterocycles. The summed E-state index contributed by atoms with van der Waals surface area (Å²) in [6, 6.07) is 23.5. The fraction of sp³-hybridized carbons (Fsp3) is 0.415. The van der Waals surface area contributed by atoms with Crippen LogP contribution in [0.4, 0.5) is 0 Å². The predicted molar refractivity (Wildman–Crippen MR) is 265 cm³/mol. The highest BCUT2D eigenvalue weighted by atomic mass is 32.2. The first kappa shape index (κ1) is 48.3. The fourth-order valence-electron chi connectivity index (χ4n) is 8.05. The third-order valence-electron chi connectivity index (χ3n) is 11.6. The van der Waals surface area contributed by atoms with Crippen LogP contribution < -0.4 is 13.5 Å². The predicted octanol–water partition coefficient (Wildman–Crippen LogP) is 11.1. The van der Waals surface area contributed by atoms with E-state index in [2.05, 4.69) is 62.3 Å². The Bertz CT molecular complexity index is 2750. The number of fused-ring (bicyclic) bond motifs is 2. The molecule has 2 aliphatic rings. The zero-order valence-corrected chi connectivity index (χ0v) is 40.1. The molecule has 0 radical (unpaired) electrons. The Kier molecular flexibility index (Phi) is 18.1. The molecule has 0 amide bonds. The molecule has 5 aromatic rings. The van der Waals surface area contributed by atoms with Crippen molar-refractivity contribution in [3.63, 3.8) is 0 Å². The molecule has 13 heteroatoms. The van der Waals surface area contributed by atoms with Crippen LogP contribution >= 0.6 is 35.3 Å². The molecule has 1 aliphatic carbocycles. The van der Waals surface area contributed by atoms with E-state index in [1.165, 1.54) is 45.8 Å². The van der Waals surface area contributed by atoms with E-state index >= 15 is 0 Å². The second-order valence-electron chi connectivity index (χ2n) is 16.5. The van der Waals surface area contributed by atoms with Crippen LogP contribution in [0.2, 0.25) is 0 Å². The van der Waals surface area contributed by atoms with E-state index in [0.717, 1.165) is 112 Å². The number of thiol groups is 1. The molecule has 0 N–H and O–H groups in total. The van der Waals surface area contributed by atoms with E-state index in [1.54, 1.807) is 0 Å². The Morgan fingerprint density at radius 1 is 0.818 bits per heavy atom. The van der Waals surface area contributed by atoms with Crippen molar-refractivity contribution in [1.29, 1.82) is 10.5 Å². The quantitative estimate of drug-likeness (QED) is 0.0192. The molecule has 2 heterocycles. The van der Waals surface area contributed by atoms with Crippen LogP contribution in [0.1, 0.15) is 109 Å². The Labute approximate surface area is 401 Å². The number of aryl methyl sites for hydroxylation is 3. The molecule has 1 aromatic heterocycles. The molecule has 10 nitrogen and oxygen atoms in total. The van der Waals surface area contributed by atoms with Gasteiger partial charge < -0.3 is 23.7 Å². The smallest absolute Gasteiger partial charge is 0.338 e. The average Bonchev–Trinajstić information content (AvgIpc) is 4.07. The van der Waals surface area contributed by atoms with Gasteiger partial charge in [0.1, 0.15) is 24.2 Å². The lowest BCUT2D eigenvalue weighted by Crippen LogP contribution is -2.32. The van der Waals surface area contributed by atoms with Crippen molar-refractivity contribution in [2.24, 2.45) is 16.1 Å². The number of hydrogen-bond acceptors (Lipinski definition) is 13. The van der Waals surface area contributed by atoms with E-state index in [-0.39, 0.29) is 24.3 Å². The third-order valence-corrected chi connectivity index (χ3v) is 14.2. The van der Waals surface area contributed by atoms with Crippen molar-refractivity contribution in [1.82, 2.24) is 0 Å². The number of esters is 1. The largest absolute Gasteiger partial charge is 0.493 e. The van der Waals surface area contributed by atoms with Crippen LogP contribution in [-0.2, 0) is 27.1 Å². The van der Waals surface area contributed by atoms with E-state index in [1.807, 2.05) is 60.7 Å². The molecular weight excluding hydrogens is 885 g/mol. The van der Waals surface area contributed by atoms with Gasteiger partial charge in [-0.1, -0.05) is 44.4 Å². The van der Waals surface area contributed by atoms with E-state index in [9.17, 15) is 4.79 Å². The topological polar surface area (TPSA) is 139 Å². The van der Waals surface area contributed by atoms with E-state index < -0.39 is 0 Å². The first-order valence-corrected chi connectivity index (χ1v) is 25.1. The van der Waals surface area contributed by atoms with Gasteiger partial charge in [0.15, 0.2) is 22.4 Å². The molecule has 1 saturated carbocycles. The molecule has 1 aliphatic heterocycles. The molecule has 3 atom stereocenters. The SMILES string of the molecule is CCCc1cc(CCC2CCC(OC(=O)c3ccc4cc(OCCCOC5CO5)ccc4c3)C/C2=N\N=c2sc3cc(C#CC#N)c(C#CC#N)cc3s2)c(C)cc1OCCCCCCS. The number of nitriles is 2. The van der Waals surface area contributed by atoms with Gasteiger partial charge in [-0.3, -0.25) is 0 Å². The zero-order valence-electron chi connectivity index (χ0n) is 37.5. The highest BCUT2D eigenvalue weighted by molar-refractivity contribution is 7.80. The minimum absolute atomic E-state index is 0.0515. The average molecular weight is 939 g/mol. The van der Waals surface area contributed by atoms with Crippen molar-refractivity contribution in [2.45, 2.75) is 103 Å². The number of nitrogens with zero attached hydrogens (tertiary/aromatic N) is 4. The van der Waals surface area contributed by atoms with Crippen molar-refractivity contribution in [3.8, 4) is 47.3 Å². The normalized spacial score (nSPS) is 16.9. The fourth-order valence-corrected chi connectivity index (χ4v) is 10.4. The lowest BCUT2D eigenvalue weighted by Gasteiger charge is -2.30. The van der Waals surface area contributed by atoms with Gasteiger partial charge in [0.25, 0.3) is 0 Å². The molecule has 0 bridgehead atoms. The van der Waals surface area contributed by atoms with Crippen LogP contribution in [0.5, 0.6) is 11.5 Å². The number of unbranched alkanes of at least 4 members (excludes halogenated alkanes) is 3. The summed E-state index contributed by atoms with van der Waals surface area (Å²) in [5.74, 6) is 13.0. The molecule has 2 fully saturated rings. The maximum absolute atomic E-state index is 13.7. The highest BCUT2D eigenvalue weighted by Gasteiger charge is 2.30. The van der Waals surface area contributed by atoms with Crippen molar-refractivity contribution < 1.29 is 28.5 Å². The van der Waals surface area contributed by atoms with Gasteiger partial charge in [-0.2, -0.15) is 28.3 Å². The Morgan fingerprint density at radius 2 is 1.55 bits per heavy atom. The first-order chi connectivity index (χ1) is 32.3. The van der Waals surface area contributed by atoms with Crippen LogP contribution in [-0.4, -0.2) is 56.3 Å². The van der Waals surface area contributed by atoms with Gasteiger partial charge in [0.2, 0.25) is 0 Å². The van der Waals surface area contributed by atoms with Gasteiger partial charge in [0.05, 0.1) is 25.4 Å². The van der Waals surface area contributed by atoms with Gasteiger partial charge in [-0.25, -0.2) is 4.79 Å². The van der Waals surface area contributed by atoms with E-state index in [0.29, 0.717) is 49.4 Å². The second kappa shape index (κ2) is 24.8. The van der Waals surface area contributed by atoms with Gasteiger partial charge in [-0.15, -0.1) is 27.8 Å². The summed E-state index contributed by atoms with van der Waals surface area (Å²) in [7, 11) is 0. The summed E-state index contributed by atoms with van der Waals surface area (Å²) in [6.07, 6.45) is 10.6. The summed E-state index contributed by atoms with van der Waals surface area (Å²) in [6.45, 7) is 6.90. The minimum atomic E-state index is -0.368. The van der Waals surface area contributed by atoms with Crippen LogP contribution in [0.25, 0.3) is 20.2 Å². The highest BCUT2D eigenvalue weighted by Crippen LogP contribution is 2.33. The number of ether oxygens (including phenoxy) is 5. The number of hydrogen-bond donors (Lipinski definition) is 1. The standard InChI is InChI=1S/C53H54N4O6S3/c1-3-11-43-29-38(36(2)28-48(43)60-24-6-4-5-7-27-64)15-14-37-18-21-46(34-47(37)56-57-53-65-49-32-39(12-8-22-54)40(13-9-23-55)33-50(49)66-53)63-52(58)44-17-16-42-31-45(20-19-41(42)30-44)59-25-10-26-61-51-35-62-51/h16-17,19-20,28-33,37,46,51,64H,3-7,10-11,14-15,18,21,24-27,34-35H2,1-2H3/b56-47+. The summed E-state index contributed by atoms with van der Waals surface area (Å²) in [5, 5.41) is 29.8. The van der Waals surface area contributed by atoms with Gasteiger partial charge in [0, 0.05) is 50.9 Å². The van der Waals surface area contributed by atoms with Gasteiger partial charge in [-0.05, 0) is 145 Å². The minimum Gasteiger partial charge on any atom is -0.493 e. The number of benzene rings is 4. The number of carbonyl (C=O) groups excluding carboxylic acids is 1. The van der Waals surface area contributed by atoms with Crippen LogP contribution in [0.15, 0.2) is 70.9 Å². The molecule has 66 heavy (non-hydrogen) atoms. The number of epoxide rings is 1. The number of carbonyl (C=O) groups is 1. The van der Waals surface area contributed by atoms with E-state index in [4.69, 9.17) is 44.4 Å². The van der Waals surface area contributed by atoms with Crippen molar-refractivity contribution >= 4 is 67.2 Å². The summed E-state index contributed by atoms with van der Waals surface area (Å²) < 4.78 is 31.7. The zero-order chi connectivity index (χ0) is 46.1. The lowest BCUT2D eigenvalue weighted by molar-refractivity contribution is 0.0265. The van der Waals surface area contributed by atoms with Crippen LogP contribution in [0, 0.1) is 59.2 Å². The monoisotopic (exact) mass is 938 g/mol. The third kappa shape index (κ3) is 13.9. The summed E-state index contributed by atoms with van der Waals surface area (Å²) in [4.78, 5) is 13.7. The first-order valence-electron chi connectivity index (χ1n) is 22.8. The van der Waals surface area contributed by atoms with Crippen LogP contribution in [0.3, 0.4) is 0 Å². The molecule has 340 valence electrons. The van der Waals surface area contributed by atoms with Crippen molar-refractivity contribution in [2.75, 3.05) is 32.2 Å². The molecule has 7 rings (SSSR count). The Hall–Kier alpha value is -5.64. The van der Waals surface area contributed by atoms with Crippen molar-refractivity contribution in [3.05, 3.63) is 98.0 Å². The lowest BCUT2D eigenvalue weighted by atomic mass is 9.81. The maximum Gasteiger partial charge on any atom is 0.338 e. The summed E-state index contributed by atoms with van der Waals surface area (Å²) in [5.41, 5.74) is 6.35. The summed E-state index contributed by atoms with van der Waals surface area (Å²) >= 11 is 7.30. The maximum atomic E-state index is 13.7. The molecule has 0 spiro atoms. The number of rotatable bonds is 21.